The number of carboxylic acids is 1. The van der Waals surface area contributed by atoms with Gasteiger partial charge < -0.3 is 19.3 Å². The normalized spacial score (nSPS) is 16.3. The van der Waals surface area contributed by atoms with Crippen molar-refractivity contribution in [1.82, 2.24) is 20.0 Å². The van der Waals surface area contributed by atoms with Crippen LogP contribution in [0.3, 0.4) is 0 Å². The van der Waals surface area contributed by atoms with Crippen molar-refractivity contribution >= 4 is 11.9 Å². The number of carbonyl (C=O) groups excluding carboxylic acids is 1. The van der Waals surface area contributed by atoms with Crippen LogP contribution in [0.25, 0.3) is 11.4 Å². The van der Waals surface area contributed by atoms with Crippen molar-refractivity contribution in [3.8, 4) is 17.1 Å². The van der Waals surface area contributed by atoms with Gasteiger partial charge in [0.25, 0.3) is 5.91 Å². The topological polar surface area (TPSA) is 119 Å². The molecule has 1 atom stereocenters. The molecular weight excluding hydrogens is 388 g/mol. The van der Waals surface area contributed by atoms with Gasteiger partial charge in [-0.3, -0.25) is 4.79 Å². The van der Waals surface area contributed by atoms with Crippen LogP contribution in [0, 0.1) is 0 Å². The zero-order valence-electron chi connectivity index (χ0n) is 16.1. The Kier molecular flexibility index (Phi) is 5.69. The van der Waals surface area contributed by atoms with E-state index in [9.17, 15) is 9.59 Å². The number of aromatic nitrogens is 3. The van der Waals surface area contributed by atoms with Crippen LogP contribution in [0.5, 0.6) is 5.75 Å². The van der Waals surface area contributed by atoms with E-state index >= 15 is 0 Å². The summed E-state index contributed by atoms with van der Waals surface area (Å²) in [5.74, 6) is -0.0744. The molecule has 0 unspecified atom stereocenters. The van der Waals surface area contributed by atoms with E-state index in [0.29, 0.717) is 30.2 Å². The number of aromatic carboxylic acids is 1. The first kappa shape index (κ1) is 19.6. The maximum absolute atomic E-state index is 12.8. The van der Waals surface area contributed by atoms with Crippen molar-refractivity contribution in [2.45, 2.75) is 25.3 Å². The quantitative estimate of drug-likeness (QED) is 0.661. The Morgan fingerprint density at radius 1 is 1.20 bits per heavy atom. The van der Waals surface area contributed by atoms with Crippen LogP contribution in [0.4, 0.5) is 0 Å². The van der Waals surface area contributed by atoms with Gasteiger partial charge in [-0.1, -0.05) is 23.4 Å². The van der Waals surface area contributed by atoms with Gasteiger partial charge in [0.15, 0.2) is 6.61 Å². The van der Waals surface area contributed by atoms with Crippen LogP contribution in [0.1, 0.15) is 41.7 Å². The first-order chi connectivity index (χ1) is 14.6. The molecule has 1 N–H and O–H groups in total. The molecule has 9 heteroatoms. The Labute approximate surface area is 172 Å². The van der Waals surface area contributed by atoms with Gasteiger partial charge in [-0.05, 0) is 43.5 Å². The summed E-state index contributed by atoms with van der Waals surface area (Å²) in [6.07, 6.45) is 3.91. The lowest BCUT2D eigenvalue weighted by Crippen LogP contribution is -2.41. The number of hydrogen-bond donors (Lipinski definition) is 1. The minimum Gasteiger partial charge on any atom is -0.484 e. The number of rotatable bonds is 6. The summed E-state index contributed by atoms with van der Waals surface area (Å²) >= 11 is 0. The van der Waals surface area contributed by atoms with Gasteiger partial charge in [0.05, 0.1) is 0 Å². The van der Waals surface area contributed by atoms with E-state index in [4.69, 9.17) is 14.4 Å². The first-order valence-electron chi connectivity index (χ1n) is 9.62. The Hall–Kier alpha value is -3.75. The molecule has 2 aromatic heterocycles. The fourth-order valence-electron chi connectivity index (χ4n) is 3.41. The second-order valence-electron chi connectivity index (χ2n) is 6.89. The first-order valence-corrected chi connectivity index (χ1v) is 9.62. The predicted molar refractivity (Wildman–Crippen MR) is 105 cm³/mol. The van der Waals surface area contributed by atoms with Crippen molar-refractivity contribution in [2.24, 2.45) is 0 Å². The standard InChI is InChI=1S/C21H20N4O5/c26-18(13-29-15-6-2-1-3-7-15)25-11-5-4-8-17(25)20-23-19(24-30-20)14-9-10-22-16(12-14)21(27)28/h1-3,6-7,9-10,12,17H,4-5,8,11,13H2,(H,27,28)/t17-/m1/s1. The minimum atomic E-state index is -1.14. The molecule has 0 saturated carbocycles. The summed E-state index contributed by atoms with van der Waals surface area (Å²) in [4.78, 5) is 33.8. The third kappa shape index (κ3) is 4.29. The summed E-state index contributed by atoms with van der Waals surface area (Å²) in [6.45, 7) is 0.506. The maximum atomic E-state index is 12.8. The predicted octanol–water partition coefficient (Wildman–Crippen LogP) is 2.96. The van der Waals surface area contributed by atoms with Gasteiger partial charge in [0.2, 0.25) is 11.7 Å². The van der Waals surface area contributed by atoms with Crippen molar-refractivity contribution < 1.29 is 24.0 Å². The molecule has 0 aliphatic carbocycles. The van der Waals surface area contributed by atoms with E-state index in [-0.39, 0.29) is 30.1 Å². The lowest BCUT2D eigenvalue weighted by molar-refractivity contribution is -0.138. The van der Waals surface area contributed by atoms with E-state index in [0.717, 1.165) is 12.8 Å². The molecule has 9 nitrogen and oxygen atoms in total. The molecule has 3 heterocycles. The molecule has 1 aromatic carbocycles. The summed E-state index contributed by atoms with van der Waals surface area (Å²) < 4.78 is 11.0. The Balaban J connectivity index is 1.50. The lowest BCUT2D eigenvalue weighted by atomic mass is 10.0. The number of carboxylic acid groups (broad SMARTS) is 1. The lowest BCUT2D eigenvalue weighted by Gasteiger charge is -2.33. The van der Waals surface area contributed by atoms with Crippen LogP contribution in [0.15, 0.2) is 53.2 Å². The average molecular weight is 408 g/mol. The van der Waals surface area contributed by atoms with Gasteiger partial charge in [0.1, 0.15) is 17.5 Å². The number of carbonyl (C=O) groups is 2. The number of amides is 1. The number of para-hydroxylation sites is 1. The zero-order valence-corrected chi connectivity index (χ0v) is 16.1. The fraction of sp³-hybridized carbons (Fsp3) is 0.286. The SMILES string of the molecule is O=C(O)c1cc(-c2noc([C@H]3CCCCN3C(=O)COc3ccccc3)n2)ccn1. The van der Waals surface area contributed by atoms with Gasteiger partial charge in [0, 0.05) is 18.3 Å². The summed E-state index contributed by atoms with van der Waals surface area (Å²) in [6, 6.07) is 11.8. The molecule has 4 rings (SSSR count). The number of hydrogen-bond acceptors (Lipinski definition) is 7. The maximum Gasteiger partial charge on any atom is 0.354 e. The molecule has 3 aromatic rings. The van der Waals surface area contributed by atoms with E-state index in [1.54, 1.807) is 23.1 Å². The van der Waals surface area contributed by atoms with Crippen LogP contribution in [-0.2, 0) is 4.79 Å². The van der Waals surface area contributed by atoms with E-state index in [1.807, 2.05) is 18.2 Å². The number of likely N-dealkylation sites (tertiary alicyclic amines) is 1. The molecule has 1 saturated heterocycles. The van der Waals surface area contributed by atoms with Crippen LogP contribution < -0.4 is 4.74 Å². The van der Waals surface area contributed by atoms with Gasteiger partial charge in [-0.2, -0.15) is 4.98 Å². The van der Waals surface area contributed by atoms with Crippen molar-refractivity contribution in [3.05, 3.63) is 60.2 Å². The highest BCUT2D eigenvalue weighted by molar-refractivity contribution is 5.86. The van der Waals surface area contributed by atoms with Crippen LogP contribution in [0.2, 0.25) is 0 Å². The largest absolute Gasteiger partial charge is 0.484 e. The number of ether oxygens (including phenoxy) is 1. The second kappa shape index (κ2) is 8.73. The molecule has 154 valence electrons. The molecule has 1 fully saturated rings. The smallest absolute Gasteiger partial charge is 0.354 e. The number of benzene rings is 1. The third-order valence-electron chi connectivity index (χ3n) is 4.89. The summed E-state index contributed by atoms with van der Waals surface area (Å²) in [5.41, 5.74) is 0.380. The highest BCUT2D eigenvalue weighted by Crippen LogP contribution is 2.31. The summed E-state index contributed by atoms with van der Waals surface area (Å²) in [5, 5.41) is 13.1. The zero-order chi connectivity index (χ0) is 20.9. The molecule has 1 aliphatic rings. The molecule has 30 heavy (non-hydrogen) atoms. The molecule has 0 spiro atoms. The van der Waals surface area contributed by atoms with Crippen molar-refractivity contribution in [1.29, 1.82) is 0 Å². The van der Waals surface area contributed by atoms with Crippen molar-refractivity contribution in [2.75, 3.05) is 13.2 Å². The monoisotopic (exact) mass is 408 g/mol. The minimum absolute atomic E-state index is 0.0756. The van der Waals surface area contributed by atoms with E-state index < -0.39 is 5.97 Å². The van der Waals surface area contributed by atoms with Crippen LogP contribution in [-0.4, -0.2) is 50.2 Å². The van der Waals surface area contributed by atoms with E-state index in [1.165, 1.54) is 12.3 Å². The number of nitrogens with zero attached hydrogens (tertiary/aromatic N) is 4. The highest BCUT2D eigenvalue weighted by atomic mass is 16.5. The molecule has 1 aliphatic heterocycles. The average Bonchev–Trinajstić information content (AvgIpc) is 3.28. The van der Waals surface area contributed by atoms with Gasteiger partial charge in [-0.25, -0.2) is 9.78 Å². The second-order valence-corrected chi connectivity index (χ2v) is 6.89. The Morgan fingerprint density at radius 2 is 2.03 bits per heavy atom. The van der Waals surface area contributed by atoms with Gasteiger partial charge in [-0.15, -0.1) is 0 Å². The number of pyridine rings is 1. The third-order valence-corrected chi connectivity index (χ3v) is 4.89. The van der Waals surface area contributed by atoms with Crippen molar-refractivity contribution in [3.63, 3.8) is 0 Å². The van der Waals surface area contributed by atoms with E-state index in [2.05, 4.69) is 15.1 Å². The van der Waals surface area contributed by atoms with Gasteiger partial charge >= 0.3 is 5.97 Å². The summed E-state index contributed by atoms with van der Waals surface area (Å²) in [7, 11) is 0. The van der Waals surface area contributed by atoms with Crippen LogP contribution >= 0.6 is 0 Å². The highest BCUT2D eigenvalue weighted by Gasteiger charge is 2.32. The Bertz CT molecular complexity index is 1040. The Morgan fingerprint density at radius 3 is 2.83 bits per heavy atom. The molecule has 0 bridgehead atoms. The molecular formula is C21H20N4O5. The fourth-order valence-corrected chi connectivity index (χ4v) is 3.41. The number of piperidine rings is 1. The molecule has 1 amide bonds. The molecule has 0 radical (unpaired) electrons.